The van der Waals surface area contributed by atoms with Crippen molar-refractivity contribution in [2.45, 2.75) is 32.8 Å². The third-order valence-corrected chi connectivity index (χ3v) is 4.71. The zero-order chi connectivity index (χ0) is 14.0. The van der Waals surface area contributed by atoms with Gasteiger partial charge in [0.1, 0.15) is 6.61 Å². The van der Waals surface area contributed by atoms with E-state index in [0.717, 1.165) is 0 Å². The van der Waals surface area contributed by atoms with Crippen molar-refractivity contribution in [3.8, 4) is 0 Å². The van der Waals surface area contributed by atoms with Crippen LogP contribution < -0.4 is 0 Å². The fraction of sp³-hybridized carbons (Fsp3) is 0.909. The van der Waals surface area contributed by atoms with Crippen molar-refractivity contribution in [3.63, 3.8) is 0 Å². The van der Waals surface area contributed by atoms with Gasteiger partial charge in [0.05, 0.1) is 11.4 Å². The number of carboxylic acids is 1. The van der Waals surface area contributed by atoms with E-state index in [2.05, 4.69) is 0 Å². The summed E-state index contributed by atoms with van der Waals surface area (Å²) in [6.45, 7) is 5.76. The van der Waals surface area contributed by atoms with Gasteiger partial charge in [-0.25, -0.2) is 13.2 Å². The summed E-state index contributed by atoms with van der Waals surface area (Å²) in [6, 6.07) is 0. The Bertz CT molecular complexity index is 398. The Labute approximate surface area is 108 Å². The normalized spacial score (nSPS) is 19.8. The Hall–Kier alpha value is -0.660. The van der Waals surface area contributed by atoms with Gasteiger partial charge in [0.25, 0.3) is 0 Å². The van der Waals surface area contributed by atoms with E-state index >= 15 is 0 Å². The Morgan fingerprint density at radius 1 is 1.44 bits per heavy atom. The van der Waals surface area contributed by atoms with Crippen LogP contribution in [0.25, 0.3) is 0 Å². The Morgan fingerprint density at radius 2 is 2.00 bits per heavy atom. The van der Waals surface area contributed by atoms with Crippen molar-refractivity contribution >= 4 is 16.0 Å². The highest BCUT2D eigenvalue weighted by Gasteiger charge is 2.45. The summed E-state index contributed by atoms with van der Waals surface area (Å²) in [6.07, 6.45) is 0.630. The average Bonchev–Trinajstić information content (AvgIpc) is 2.19. The van der Waals surface area contributed by atoms with E-state index in [0.29, 0.717) is 12.3 Å². The summed E-state index contributed by atoms with van der Waals surface area (Å²) in [4.78, 5) is 10.4. The van der Waals surface area contributed by atoms with Crippen LogP contribution in [-0.4, -0.2) is 54.8 Å². The molecule has 0 unspecified atom stereocenters. The lowest BCUT2D eigenvalue weighted by Crippen LogP contribution is -2.63. The van der Waals surface area contributed by atoms with Gasteiger partial charge in [-0.2, -0.15) is 4.31 Å². The number of ether oxygens (including phenoxy) is 1. The molecule has 0 saturated carbocycles. The molecule has 0 aromatic rings. The minimum absolute atomic E-state index is 0.139. The largest absolute Gasteiger partial charge is 0.480 e. The van der Waals surface area contributed by atoms with Crippen molar-refractivity contribution in [1.82, 2.24) is 4.31 Å². The van der Waals surface area contributed by atoms with Gasteiger partial charge >= 0.3 is 5.97 Å². The molecule has 1 fully saturated rings. The summed E-state index contributed by atoms with van der Waals surface area (Å²) < 4.78 is 30.3. The minimum atomic E-state index is -3.22. The maximum Gasteiger partial charge on any atom is 0.329 e. The lowest BCUT2D eigenvalue weighted by Gasteiger charge is -2.46. The van der Waals surface area contributed by atoms with Crippen molar-refractivity contribution in [2.75, 3.05) is 25.4 Å². The second-order valence-electron chi connectivity index (χ2n) is 5.40. The fourth-order valence-corrected chi connectivity index (χ4v) is 3.70. The Balaban J connectivity index is 2.42. The second kappa shape index (κ2) is 5.54. The zero-order valence-corrected chi connectivity index (χ0v) is 11.9. The van der Waals surface area contributed by atoms with Crippen molar-refractivity contribution in [1.29, 1.82) is 0 Å². The number of rotatable bonds is 7. The van der Waals surface area contributed by atoms with Gasteiger partial charge in [-0.15, -0.1) is 0 Å². The highest BCUT2D eigenvalue weighted by molar-refractivity contribution is 7.89. The molecule has 0 aromatic carbocycles. The molecule has 18 heavy (non-hydrogen) atoms. The standard InChI is InChI=1S/C11H21NO5S/c1-9(2)4-5-18(15,16)12-7-11(3,8-12)17-6-10(13)14/h9H,4-8H2,1-3H3,(H,13,14). The highest BCUT2D eigenvalue weighted by Crippen LogP contribution is 2.28. The molecular formula is C11H21NO5S. The molecule has 106 valence electrons. The maximum atomic E-state index is 11.9. The van der Waals surface area contributed by atoms with Crippen LogP contribution in [0.3, 0.4) is 0 Å². The molecule has 6 nitrogen and oxygen atoms in total. The number of sulfonamides is 1. The van der Waals surface area contributed by atoms with E-state index < -0.39 is 28.2 Å². The SMILES string of the molecule is CC(C)CCS(=O)(=O)N1CC(C)(OCC(=O)O)C1. The molecule has 1 heterocycles. The first-order chi connectivity index (χ1) is 8.15. The van der Waals surface area contributed by atoms with Crippen LogP contribution in [0.1, 0.15) is 27.2 Å². The number of carbonyl (C=O) groups is 1. The predicted molar refractivity (Wildman–Crippen MR) is 66.8 cm³/mol. The summed E-state index contributed by atoms with van der Waals surface area (Å²) in [7, 11) is -3.22. The first kappa shape index (κ1) is 15.4. The summed E-state index contributed by atoms with van der Waals surface area (Å²) in [5, 5.41) is 8.51. The number of aliphatic carboxylic acids is 1. The van der Waals surface area contributed by atoms with Crippen LogP contribution >= 0.6 is 0 Å². The van der Waals surface area contributed by atoms with E-state index in [-0.39, 0.29) is 18.8 Å². The summed E-state index contributed by atoms with van der Waals surface area (Å²) in [5.41, 5.74) is -0.663. The van der Waals surface area contributed by atoms with Gasteiger partial charge in [0.15, 0.2) is 0 Å². The molecule has 1 saturated heterocycles. The van der Waals surface area contributed by atoms with E-state index in [4.69, 9.17) is 9.84 Å². The van der Waals surface area contributed by atoms with Crippen LogP contribution in [0.4, 0.5) is 0 Å². The Kier molecular flexibility index (Phi) is 4.74. The van der Waals surface area contributed by atoms with Gasteiger partial charge in [-0.3, -0.25) is 0 Å². The molecule has 0 aliphatic carbocycles. The molecular weight excluding hydrogens is 258 g/mol. The van der Waals surface area contributed by atoms with Gasteiger partial charge in [-0.1, -0.05) is 13.8 Å². The smallest absolute Gasteiger partial charge is 0.329 e. The molecule has 1 N–H and O–H groups in total. The van der Waals surface area contributed by atoms with Crippen LogP contribution in [0.15, 0.2) is 0 Å². The predicted octanol–water partition coefficient (Wildman–Crippen LogP) is 0.538. The van der Waals surface area contributed by atoms with Gasteiger partial charge in [0.2, 0.25) is 10.0 Å². The van der Waals surface area contributed by atoms with Gasteiger partial charge in [0, 0.05) is 13.1 Å². The lowest BCUT2D eigenvalue weighted by atomic mass is 10.0. The second-order valence-corrected chi connectivity index (χ2v) is 7.49. The highest BCUT2D eigenvalue weighted by atomic mass is 32.2. The first-order valence-corrected chi connectivity index (χ1v) is 7.59. The van der Waals surface area contributed by atoms with Gasteiger partial charge in [-0.05, 0) is 19.3 Å². The van der Waals surface area contributed by atoms with E-state index in [9.17, 15) is 13.2 Å². The molecule has 0 amide bonds. The topological polar surface area (TPSA) is 83.9 Å². The van der Waals surface area contributed by atoms with Crippen molar-refractivity contribution in [3.05, 3.63) is 0 Å². The number of nitrogens with zero attached hydrogens (tertiary/aromatic N) is 1. The third kappa shape index (κ3) is 4.22. The summed E-state index contributed by atoms with van der Waals surface area (Å²) >= 11 is 0. The zero-order valence-electron chi connectivity index (χ0n) is 11.0. The van der Waals surface area contributed by atoms with Crippen molar-refractivity contribution in [2.24, 2.45) is 5.92 Å². The summed E-state index contributed by atoms with van der Waals surface area (Å²) in [5.74, 6) is -0.562. The lowest BCUT2D eigenvalue weighted by molar-refractivity contribution is -0.157. The fourth-order valence-electron chi connectivity index (χ4n) is 1.74. The monoisotopic (exact) mass is 279 g/mol. The van der Waals surface area contributed by atoms with Crippen LogP contribution in [0.5, 0.6) is 0 Å². The molecule has 0 aromatic heterocycles. The van der Waals surface area contributed by atoms with Crippen LogP contribution in [0, 0.1) is 5.92 Å². The van der Waals surface area contributed by atoms with Crippen LogP contribution in [-0.2, 0) is 19.6 Å². The van der Waals surface area contributed by atoms with E-state index in [1.807, 2.05) is 13.8 Å². The van der Waals surface area contributed by atoms with E-state index in [1.165, 1.54) is 4.31 Å². The molecule has 1 aliphatic heterocycles. The number of hydrogen-bond donors (Lipinski definition) is 1. The maximum absolute atomic E-state index is 11.9. The molecule has 7 heteroatoms. The quantitative estimate of drug-likeness (QED) is 0.735. The minimum Gasteiger partial charge on any atom is -0.480 e. The molecule has 1 rings (SSSR count). The average molecular weight is 279 g/mol. The molecule has 0 bridgehead atoms. The molecule has 0 radical (unpaired) electrons. The first-order valence-electron chi connectivity index (χ1n) is 5.98. The number of carboxylic acid groups (broad SMARTS) is 1. The number of hydrogen-bond acceptors (Lipinski definition) is 4. The third-order valence-electron chi connectivity index (χ3n) is 2.91. The van der Waals surface area contributed by atoms with Gasteiger partial charge < -0.3 is 9.84 Å². The van der Waals surface area contributed by atoms with E-state index in [1.54, 1.807) is 6.92 Å². The van der Waals surface area contributed by atoms with Crippen LogP contribution in [0.2, 0.25) is 0 Å². The molecule has 0 atom stereocenters. The van der Waals surface area contributed by atoms with Crippen molar-refractivity contribution < 1.29 is 23.1 Å². The molecule has 0 spiro atoms. The Morgan fingerprint density at radius 3 is 2.44 bits per heavy atom. The molecule has 1 aliphatic rings.